The van der Waals surface area contributed by atoms with Crippen molar-refractivity contribution in [3.8, 4) is 0 Å². The summed E-state index contributed by atoms with van der Waals surface area (Å²) in [6.45, 7) is 2.24. The molecule has 4 nitrogen and oxygen atoms in total. The van der Waals surface area contributed by atoms with Gasteiger partial charge in [-0.15, -0.1) is 0 Å². The molecule has 0 amide bonds. The van der Waals surface area contributed by atoms with Crippen LogP contribution in [0, 0.1) is 11.6 Å². The molecular weight excluding hydrogens is 228 g/mol. The highest BCUT2D eigenvalue weighted by molar-refractivity contribution is 5.47. The van der Waals surface area contributed by atoms with E-state index in [-0.39, 0.29) is 11.6 Å². The number of nitrogens with zero attached hydrogens (tertiary/aromatic N) is 1. The molecule has 1 rings (SSSR count). The fourth-order valence-corrected chi connectivity index (χ4v) is 1.33. The zero-order valence-electron chi connectivity index (χ0n) is 9.93. The highest BCUT2D eigenvalue weighted by Crippen LogP contribution is 2.18. The molecule has 0 aliphatic rings. The van der Waals surface area contributed by atoms with Crippen molar-refractivity contribution >= 4 is 11.6 Å². The number of aromatic nitrogens is 1. The van der Waals surface area contributed by atoms with E-state index in [1.165, 1.54) is 7.05 Å². The van der Waals surface area contributed by atoms with Crippen molar-refractivity contribution in [1.82, 2.24) is 4.98 Å². The number of rotatable bonds is 6. The molecule has 1 unspecified atom stereocenters. The van der Waals surface area contributed by atoms with Crippen LogP contribution in [0.25, 0.3) is 0 Å². The molecule has 1 atom stereocenters. The zero-order chi connectivity index (χ0) is 12.8. The Kier molecular flexibility index (Phi) is 5.09. The second-order valence-electron chi connectivity index (χ2n) is 3.68. The van der Waals surface area contributed by atoms with Crippen molar-refractivity contribution < 1.29 is 13.9 Å². The van der Waals surface area contributed by atoms with Crippen LogP contribution in [0.1, 0.15) is 19.8 Å². The third kappa shape index (κ3) is 3.81. The van der Waals surface area contributed by atoms with Gasteiger partial charge in [0, 0.05) is 19.7 Å². The number of aliphatic hydroxyl groups excluding tert-OH is 1. The predicted octanol–water partition coefficient (Wildman–Crippen LogP) is 1.97. The average molecular weight is 245 g/mol. The van der Waals surface area contributed by atoms with E-state index in [0.717, 1.165) is 6.07 Å². The summed E-state index contributed by atoms with van der Waals surface area (Å²) in [7, 11) is 1.51. The van der Waals surface area contributed by atoms with Crippen LogP contribution in [0.4, 0.5) is 20.4 Å². The van der Waals surface area contributed by atoms with Crippen LogP contribution in [0.3, 0.4) is 0 Å². The van der Waals surface area contributed by atoms with Crippen molar-refractivity contribution in [2.45, 2.75) is 25.9 Å². The first-order valence-electron chi connectivity index (χ1n) is 5.54. The smallest absolute Gasteiger partial charge is 0.168 e. The van der Waals surface area contributed by atoms with E-state index in [9.17, 15) is 13.9 Å². The van der Waals surface area contributed by atoms with Gasteiger partial charge in [-0.05, 0) is 12.8 Å². The zero-order valence-corrected chi connectivity index (χ0v) is 9.93. The lowest BCUT2D eigenvalue weighted by Crippen LogP contribution is -2.14. The normalized spacial score (nSPS) is 12.3. The Bertz CT molecular complexity index is 374. The van der Waals surface area contributed by atoms with Crippen LogP contribution < -0.4 is 10.6 Å². The Morgan fingerprint density at radius 1 is 1.35 bits per heavy atom. The standard InChI is InChI=1S/C11H17F2N3O/c1-3-7(17)4-5-15-11-9(13)6-8(12)10(14-2)16-11/h6-7,17H,3-5H2,1-2H3,(H2,14,15,16). The number of nitrogens with one attached hydrogen (secondary N) is 2. The van der Waals surface area contributed by atoms with Crippen LogP contribution >= 0.6 is 0 Å². The summed E-state index contributed by atoms with van der Waals surface area (Å²) in [6, 6.07) is 0.775. The highest BCUT2D eigenvalue weighted by atomic mass is 19.1. The van der Waals surface area contributed by atoms with Crippen molar-refractivity contribution in [2.75, 3.05) is 24.2 Å². The third-order valence-corrected chi connectivity index (χ3v) is 2.41. The van der Waals surface area contributed by atoms with E-state index in [0.29, 0.717) is 19.4 Å². The van der Waals surface area contributed by atoms with Gasteiger partial charge in [0.2, 0.25) is 0 Å². The molecule has 0 saturated carbocycles. The van der Waals surface area contributed by atoms with Crippen molar-refractivity contribution in [2.24, 2.45) is 0 Å². The minimum atomic E-state index is -0.743. The monoisotopic (exact) mass is 245 g/mol. The largest absolute Gasteiger partial charge is 0.393 e. The lowest BCUT2D eigenvalue weighted by Gasteiger charge is -2.11. The van der Waals surface area contributed by atoms with Crippen LogP contribution in [-0.4, -0.2) is 29.8 Å². The molecule has 1 aromatic rings. The number of anilines is 2. The van der Waals surface area contributed by atoms with E-state index in [2.05, 4.69) is 15.6 Å². The van der Waals surface area contributed by atoms with Gasteiger partial charge in [0.15, 0.2) is 23.3 Å². The van der Waals surface area contributed by atoms with Crippen molar-refractivity contribution in [1.29, 1.82) is 0 Å². The Hall–Kier alpha value is -1.43. The lowest BCUT2D eigenvalue weighted by molar-refractivity contribution is 0.164. The maximum absolute atomic E-state index is 13.3. The highest BCUT2D eigenvalue weighted by Gasteiger charge is 2.10. The summed E-state index contributed by atoms with van der Waals surface area (Å²) in [5.74, 6) is -1.50. The first kappa shape index (κ1) is 13.6. The van der Waals surface area contributed by atoms with Gasteiger partial charge in [-0.1, -0.05) is 6.92 Å². The Morgan fingerprint density at radius 2 is 2.00 bits per heavy atom. The molecule has 96 valence electrons. The molecule has 0 aliphatic heterocycles. The first-order chi connectivity index (χ1) is 8.08. The molecule has 0 fully saturated rings. The topological polar surface area (TPSA) is 57.2 Å². The van der Waals surface area contributed by atoms with Crippen molar-refractivity contribution in [3.05, 3.63) is 17.7 Å². The van der Waals surface area contributed by atoms with Gasteiger partial charge < -0.3 is 15.7 Å². The Morgan fingerprint density at radius 3 is 2.59 bits per heavy atom. The van der Waals surface area contributed by atoms with E-state index >= 15 is 0 Å². The summed E-state index contributed by atoms with van der Waals surface area (Å²) in [4.78, 5) is 3.76. The molecule has 6 heteroatoms. The number of hydrogen-bond donors (Lipinski definition) is 3. The maximum atomic E-state index is 13.3. The van der Waals surface area contributed by atoms with Crippen molar-refractivity contribution in [3.63, 3.8) is 0 Å². The molecule has 0 aromatic carbocycles. The molecule has 3 N–H and O–H groups in total. The van der Waals surface area contributed by atoms with Gasteiger partial charge in [-0.3, -0.25) is 0 Å². The Balaban J connectivity index is 2.64. The number of aliphatic hydroxyl groups is 1. The first-order valence-corrected chi connectivity index (χ1v) is 5.54. The summed E-state index contributed by atoms with van der Waals surface area (Å²) in [5.41, 5.74) is 0. The van der Waals surface area contributed by atoms with Gasteiger partial charge in [0.25, 0.3) is 0 Å². The second kappa shape index (κ2) is 6.34. The molecule has 17 heavy (non-hydrogen) atoms. The maximum Gasteiger partial charge on any atom is 0.168 e. The van der Waals surface area contributed by atoms with Gasteiger partial charge in [-0.25, -0.2) is 13.8 Å². The van der Waals surface area contributed by atoms with E-state index < -0.39 is 17.7 Å². The number of hydrogen-bond acceptors (Lipinski definition) is 4. The molecule has 0 bridgehead atoms. The van der Waals surface area contributed by atoms with Gasteiger partial charge in [-0.2, -0.15) is 0 Å². The third-order valence-electron chi connectivity index (χ3n) is 2.41. The fraction of sp³-hybridized carbons (Fsp3) is 0.545. The number of pyridine rings is 1. The molecule has 0 aliphatic carbocycles. The molecular formula is C11H17F2N3O. The van der Waals surface area contributed by atoms with Gasteiger partial charge in [0.05, 0.1) is 6.10 Å². The van der Waals surface area contributed by atoms with E-state index in [1.807, 2.05) is 6.92 Å². The summed E-state index contributed by atoms with van der Waals surface area (Å²) >= 11 is 0. The fourth-order valence-electron chi connectivity index (χ4n) is 1.33. The molecule has 0 spiro atoms. The average Bonchev–Trinajstić information content (AvgIpc) is 2.31. The Labute approximate surface area is 99.1 Å². The minimum Gasteiger partial charge on any atom is -0.393 e. The minimum absolute atomic E-state index is 0.00931. The SMILES string of the molecule is CCC(O)CCNc1nc(NC)c(F)cc1F. The molecule has 0 saturated heterocycles. The molecule has 1 aromatic heterocycles. The summed E-state index contributed by atoms with van der Waals surface area (Å²) in [5, 5.41) is 14.6. The summed E-state index contributed by atoms with van der Waals surface area (Å²) < 4.78 is 26.4. The van der Waals surface area contributed by atoms with Crippen LogP contribution in [0.5, 0.6) is 0 Å². The van der Waals surface area contributed by atoms with Gasteiger partial charge >= 0.3 is 0 Å². The number of halogens is 2. The quantitative estimate of drug-likeness (QED) is 0.717. The lowest BCUT2D eigenvalue weighted by atomic mass is 10.2. The summed E-state index contributed by atoms with van der Waals surface area (Å²) in [6.07, 6.45) is 0.710. The van der Waals surface area contributed by atoms with Crippen LogP contribution in [0.2, 0.25) is 0 Å². The molecule has 0 radical (unpaired) electrons. The van der Waals surface area contributed by atoms with Crippen LogP contribution in [-0.2, 0) is 0 Å². The second-order valence-corrected chi connectivity index (χ2v) is 3.68. The van der Waals surface area contributed by atoms with Crippen LogP contribution in [0.15, 0.2) is 6.07 Å². The molecule has 1 heterocycles. The van der Waals surface area contributed by atoms with E-state index in [1.54, 1.807) is 0 Å². The van der Waals surface area contributed by atoms with E-state index in [4.69, 9.17) is 0 Å². The van der Waals surface area contributed by atoms with Gasteiger partial charge in [0.1, 0.15) is 0 Å². The predicted molar refractivity (Wildman–Crippen MR) is 63.1 cm³/mol.